The maximum Gasteiger partial charge on any atom is 0.254 e. The molecule has 0 bridgehead atoms. The zero-order chi connectivity index (χ0) is 15.4. The molecule has 1 N–H and O–H groups in total. The molecule has 0 fully saturated rings. The van der Waals surface area contributed by atoms with E-state index in [2.05, 4.69) is 21.2 Å². The number of nitrogens with zero attached hydrogens (tertiary/aromatic N) is 1. The Morgan fingerprint density at radius 1 is 1.43 bits per heavy atom. The number of likely N-dealkylation sites (N-methyl/N-ethyl adjacent to an activating group) is 1. The number of hydrogen-bond donors (Lipinski definition) is 1. The van der Waals surface area contributed by atoms with Crippen LogP contribution >= 0.6 is 15.9 Å². The fourth-order valence-corrected chi connectivity index (χ4v) is 2.31. The van der Waals surface area contributed by atoms with E-state index >= 15 is 0 Å². The molecule has 1 heterocycles. The van der Waals surface area contributed by atoms with Crippen LogP contribution in [0.15, 0.2) is 45.5 Å². The van der Waals surface area contributed by atoms with Gasteiger partial charge in [0, 0.05) is 11.0 Å². The van der Waals surface area contributed by atoms with E-state index in [-0.39, 0.29) is 11.6 Å². The lowest BCUT2D eigenvalue weighted by Crippen LogP contribution is -2.34. The summed E-state index contributed by atoms with van der Waals surface area (Å²) in [5.41, 5.74) is 0.0233. The number of carbonyl (C=O) groups is 1. The number of rotatable bonds is 5. The highest BCUT2D eigenvalue weighted by Gasteiger charge is 2.19. The van der Waals surface area contributed by atoms with Crippen molar-refractivity contribution < 1.29 is 13.6 Å². The lowest BCUT2D eigenvalue weighted by molar-refractivity contribution is 0.0935. The number of halogens is 2. The predicted octanol–water partition coefficient (Wildman–Crippen LogP) is 3.21. The Hall–Kier alpha value is -1.66. The summed E-state index contributed by atoms with van der Waals surface area (Å²) in [6.07, 6.45) is 1.59. The van der Waals surface area contributed by atoms with Crippen LogP contribution in [0.3, 0.4) is 0 Å². The van der Waals surface area contributed by atoms with Crippen LogP contribution in [0.2, 0.25) is 0 Å². The standard InChI is InChI=1S/C15H16BrFN2O2/c1-19(2)13(14-4-3-7-21-14)9-18-15(20)11-6-5-10(16)8-12(11)17/h3-8,13H,9H2,1-2H3,(H,18,20). The third kappa shape index (κ3) is 3.92. The second-order valence-electron chi connectivity index (χ2n) is 4.83. The monoisotopic (exact) mass is 354 g/mol. The van der Waals surface area contributed by atoms with Crippen molar-refractivity contribution in [3.63, 3.8) is 0 Å². The summed E-state index contributed by atoms with van der Waals surface area (Å²) in [4.78, 5) is 14.0. The summed E-state index contributed by atoms with van der Waals surface area (Å²) in [5, 5.41) is 2.73. The van der Waals surface area contributed by atoms with E-state index in [9.17, 15) is 9.18 Å². The van der Waals surface area contributed by atoms with Gasteiger partial charge in [0.25, 0.3) is 5.91 Å². The molecule has 0 aliphatic heterocycles. The lowest BCUT2D eigenvalue weighted by atomic mass is 10.1. The minimum Gasteiger partial charge on any atom is -0.468 e. The van der Waals surface area contributed by atoms with Gasteiger partial charge in [0.15, 0.2) is 0 Å². The van der Waals surface area contributed by atoms with Gasteiger partial charge in [-0.2, -0.15) is 0 Å². The van der Waals surface area contributed by atoms with Gasteiger partial charge in [-0.25, -0.2) is 4.39 Å². The van der Waals surface area contributed by atoms with E-state index in [0.29, 0.717) is 11.0 Å². The van der Waals surface area contributed by atoms with Crippen LogP contribution in [0.1, 0.15) is 22.2 Å². The van der Waals surface area contributed by atoms with E-state index in [1.54, 1.807) is 18.4 Å². The first-order valence-corrected chi connectivity index (χ1v) is 7.21. The van der Waals surface area contributed by atoms with Crippen molar-refractivity contribution >= 4 is 21.8 Å². The smallest absolute Gasteiger partial charge is 0.254 e. The van der Waals surface area contributed by atoms with Crippen molar-refractivity contribution in [2.45, 2.75) is 6.04 Å². The molecule has 0 saturated heterocycles. The molecule has 1 unspecified atom stereocenters. The van der Waals surface area contributed by atoms with Gasteiger partial charge < -0.3 is 9.73 Å². The average molecular weight is 355 g/mol. The van der Waals surface area contributed by atoms with Gasteiger partial charge in [0.2, 0.25) is 0 Å². The van der Waals surface area contributed by atoms with E-state index in [1.165, 1.54) is 12.1 Å². The van der Waals surface area contributed by atoms with E-state index in [1.807, 2.05) is 25.1 Å². The van der Waals surface area contributed by atoms with Gasteiger partial charge in [-0.1, -0.05) is 15.9 Å². The Labute approximate surface area is 131 Å². The Bertz CT molecular complexity index is 614. The molecular weight excluding hydrogens is 339 g/mol. The zero-order valence-electron chi connectivity index (χ0n) is 11.8. The third-order valence-electron chi connectivity index (χ3n) is 3.13. The van der Waals surface area contributed by atoms with Crippen molar-refractivity contribution in [1.82, 2.24) is 10.2 Å². The zero-order valence-corrected chi connectivity index (χ0v) is 13.4. The fourth-order valence-electron chi connectivity index (χ4n) is 1.98. The normalized spacial score (nSPS) is 12.4. The van der Waals surface area contributed by atoms with Gasteiger partial charge >= 0.3 is 0 Å². The molecule has 0 aliphatic rings. The van der Waals surface area contributed by atoms with Crippen LogP contribution in [0.5, 0.6) is 0 Å². The van der Waals surface area contributed by atoms with E-state index in [4.69, 9.17) is 4.42 Å². The van der Waals surface area contributed by atoms with Gasteiger partial charge in [0.1, 0.15) is 11.6 Å². The van der Waals surface area contributed by atoms with Gasteiger partial charge in [-0.05, 0) is 44.4 Å². The Balaban J connectivity index is 2.05. The van der Waals surface area contributed by atoms with Crippen LogP contribution in [0.25, 0.3) is 0 Å². The van der Waals surface area contributed by atoms with E-state index in [0.717, 1.165) is 5.76 Å². The summed E-state index contributed by atoms with van der Waals surface area (Å²) < 4.78 is 19.7. The summed E-state index contributed by atoms with van der Waals surface area (Å²) in [6, 6.07) is 7.88. The van der Waals surface area contributed by atoms with Crippen LogP contribution in [0.4, 0.5) is 4.39 Å². The molecule has 0 radical (unpaired) electrons. The molecule has 2 rings (SSSR count). The molecule has 0 aliphatic carbocycles. The highest BCUT2D eigenvalue weighted by atomic mass is 79.9. The molecule has 1 aromatic carbocycles. The first-order valence-electron chi connectivity index (χ1n) is 6.42. The molecule has 21 heavy (non-hydrogen) atoms. The van der Waals surface area contributed by atoms with Crippen molar-refractivity contribution in [3.05, 3.63) is 58.2 Å². The molecule has 1 amide bonds. The highest BCUT2D eigenvalue weighted by molar-refractivity contribution is 9.10. The molecule has 112 valence electrons. The Morgan fingerprint density at radius 3 is 2.76 bits per heavy atom. The molecule has 1 aromatic heterocycles. The summed E-state index contributed by atoms with van der Waals surface area (Å²) >= 11 is 3.16. The average Bonchev–Trinajstić information content (AvgIpc) is 2.92. The van der Waals surface area contributed by atoms with Gasteiger partial charge in [-0.3, -0.25) is 9.69 Å². The van der Waals surface area contributed by atoms with Crippen molar-refractivity contribution in [2.75, 3.05) is 20.6 Å². The molecule has 6 heteroatoms. The molecule has 4 nitrogen and oxygen atoms in total. The second kappa shape index (κ2) is 6.87. The number of carbonyl (C=O) groups excluding carboxylic acids is 1. The first-order chi connectivity index (χ1) is 9.99. The fraction of sp³-hybridized carbons (Fsp3) is 0.267. The minimum absolute atomic E-state index is 0.0233. The van der Waals surface area contributed by atoms with Crippen molar-refractivity contribution in [3.8, 4) is 0 Å². The molecular formula is C15H16BrFN2O2. The number of amides is 1. The number of hydrogen-bond acceptors (Lipinski definition) is 3. The molecule has 1 atom stereocenters. The predicted molar refractivity (Wildman–Crippen MR) is 81.6 cm³/mol. The maximum absolute atomic E-state index is 13.7. The quantitative estimate of drug-likeness (QED) is 0.896. The maximum atomic E-state index is 13.7. The SMILES string of the molecule is CN(C)C(CNC(=O)c1ccc(Br)cc1F)c1ccco1. The van der Waals surface area contributed by atoms with Crippen molar-refractivity contribution in [1.29, 1.82) is 0 Å². The number of nitrogens with one attached hydrogen (secondary N) is 1. The number of furan rings is 1. The van der Waals surface area contributed by atoms with Crippen molar-refractivity contribution in [2.24, 2.45) is 0 Å². The second-order valence-corrected chi connectivity index (χ2v) is 5.74. The largest absolute Gasteiger partial charge is 0.468 e. The topological polar surface area (TPSA) is 45.5 Å². The van der Waals surface area contributed by atoms with Gasteiger partial charge in [0.05, 0.1) is 17.9 Å². The van der Waals surface area contributed by atoms with Crippen LogP contribution in [0, 0.1) is 5.82 Å². The summed E-state index contributed by atoms with van der Waals surface area (Å²) in [6.45, 7) is 0.328. The van der Waals surface area contributed by atoms with Crippen LogP contribution < -0.4 is 5.32 Å². The molecule has 0 saturated carbocycles. The first kappa shape index (κ1) is 15.7. The van der Waals surface area contributed by atoms with Crippen LogP contribution in [-0.4, -0.2) is 31.4 Å². The molecule has 2 aromatic rings. The van der Waals surface area contributed by atoms with E-state index < -0.39 is 11.7 Å². The third-order valence-corrected chi connectivity index (χ3v) is 3.62. The summed E-state index contributed by atoms with van der Waals surface area (Å²) in [5.74, 6) is -0.253. The lowest BCUT2D eigenvalue weighted by Gasteiger charge is -2.22. The Kier molecular flexibility index (Phi) is 5.14. The molecule has 0 spiro atoms. The Morgan fingerprint density at radius 2 is 2.19 bits per heavy atom. The number of benzene rings is 1. The minimum atomic E-state index is -0.554. The highest BCUT2D eigenvalue weighted by Crippen LogP contribution is 2.19. The summed E-state index contributed by atoms with van der Waals surface area (Å²) in [7, 11) is 3.78. The van der Waals surface area contributed by atoms with Gasteiger partial charge in [-0.15, -0.1) is 0 Å². The van der Waals surface area contributed by atoms with Crippen LogP contribution in [-0.2, 0) is 0 Å².